The smallest absolute Gasteiger partial charge is 0.306 e. The van der Waals surface area contributed by atoms with Gasteiger partial charge in [0.1, 0.15) is 6.61 Å². The molecule has 0 aliphatic rings. The Labute approximate surface area is 392 Å². The Morgan fingerprint density at radius 1 is 0.359 bits per heavy atom. The van der Waals surface area contributed by atoms with Gasteiger partial charge in [-0.05, 0) is 122 Å². The standard InChI is InChI=1S/C59H88O5/c1-3-5-7-9-11-13-15-17-19-21-23-25-27-28-29-30-32-34-36-38-40-42-44-46-48-50-52-54-59(62)64-57(55-60)56-63-58(61)53-51-49-47-45-43-41-39-37-35-33-31-26-24-22-20-18-16-14-12-10-8-6-4-2/h5-8,11-14,17-20,23-26,28-29,32-35,38-41,45,47,57,60H,3-4,9-10,15-16,21-22,27,30-31,36-37,42-44,46,48-56H2,1-2H3/b7-5-,8-6-,13-11-,14-12-,19-17-,20-18-,25-23-,26-24-,29-28-,34-32-,35-33-,40-38-,41-39-,47-45-. The zero-order valence-corrected chi connectivity index (χ0v) is 40.2. The monoisotopic (exact) mass is 877 g/mol. The Morgan fingerprint density at radius 3 is 0.984 bits per heavy atom. The highest BCUT2D eigenvalue weighted by Gasteiger charge is 2.16. The zero-order chi connectivity index (χ0) is 46.3. The van der Waals surface area contributed by atoms with Crippen LogP contribution in [-0.4, -0.2) is 36.4 Å². The summed E-state index contributed by atoms with van der Waals surface area (Å²) < 4.78 is 10.6. The van der Waals surface area contributed by atoms with E-state index in [4.69, 9.17) is 9.47 Å². The molecule has 0 radical (unpaired) electrons. The van der Waals surface area contributed by atoms with Crippen LogP contribution in [0.15, 0.2) is 170 Å². The van der Waals surface area contributed by atoms with E-state index in [2.05, 4.69) is 184 Å². The summed E-state index contributed by atoms with van der Waals surface area (Å²) in [5.74, 6) is -0.701. The van der Waals surface area contributed by atoms with Crippen molar-refractivity contribution >= 4 is 11.9 Å². The Kier molecular flexibility index (Phi) is 48.7. The molecular formula is C59H88O5. The minimum absolute atomic E-state index is 0.118. The molecule has 0 amide bonds. The lowest BCUT2D eigenvalue weighted by molar-refractivity contribution is -0.161. The zero-order valence-electron chi connectivity index (χ0n) is 40.2. The van der Waals surface area contributed by atoms with E-state index in [0.29, 0.717) is 12.8 Å². The van der Waals surface area contributed by atoms with Gasteiger partial charge in [0.25, 0.3) is 0 Å². The predicted molar refractivity (Wildman–Crippen MR) is 278 cm³/mol. The van der Waals surface area contributed by atoms with Gasteiger partial charge in [-0.2, -0.15) is 0 Å². The number of carbonyl (C=O) groups excluding carboxylic acids is 2. The van der Waals surface area contributed by atoms with Crippen LogP contribution in [-0.2, 0) is 19.1 Å². The van der Waals surface area contributed by atoms with Gasteiger partial charge >= 0.3 is 11.9 Å². The van der Waals surface area contributed by atoms with Gasteiger partial charge in [0, 0.05) is 12.8 Å². The fourth-order valence-electron chi connectivity index (χ4n) is 5.87. The van der Waals surface area contributed by atoms with Crippen molar-refractivity contribution < 1.29 is 24.2 Å². The molecule has 5 heteroatoms. The Hall–Kier alpha value is -4.74. The summed E-state index contributed by atoms with van der Waals surface area (Å²) in [6, 6.07) is 0. The van der Waals surface area contributed by atoms with Gasteiger partial charge in [-0.15, -0.1) is 0 Å². The summed E-state index contributed by atoms with van der Waals surface area (Å²) in [5.41, 5.74) is 0. The van der Waals surface area contributed by atoms with Crippen molar-refractivity contribution in [2.45, 2.75) is 174 Å². The van der Waals surface area contributed by atoms with Crippen LogP contribution in [0.3, 0.4) is 0 Å². The second-order valence-electron chi connectivity index (χ2n) is 15.4. The predicted octanol–water partition coefficient (Wildman–Crippen LogP) is 16.6. The summed E-state index contributed by atoms with van der Waals surface area (Å²) in [6.07, 6.45) is 82.9. The van der Waals surface area contributed by atoms with Crippen molar-refractivity contribution in [2.75, 3.05) is 13.2 Å². The average Bonchev–Trinajstić information content (AvgIpc) is 3.30. The topological polar surface area (TPSA) is 72.8 Å². The normalized spacial score (nSPS) is 13.7. The lowest BCUT2D eigenvalue weighted by Crippen LogP contribution is -2.28. The number of aliphatic hydroxyl groups excluding tert-OH is 1. The molecule has 0 rings (SSSR count). The molecule has 0 fully saturated rings. The first-order valence-electron chi connectivity index (χ1n) is 24.7. The first-order valence-corrected chi connectivity index (χ1v) is 24.7. The average molecular weight is 877 g/mol. The summed E-state index contributed by atoms with van der Waals surface area (Å²) >= 11 is 0. The molecule has 0 aliphatic heterocycles. The van der Waals surface area contributed by atoms with Crippen LogP contribution in [0, 0.1) is 0 Å². The van der Waals surface area contributed by atoms with Crippen molar-refractivity contribution in [3.63, 3.8) is 0 Å². The molecule has 0 saturated carbocycles. The summed E-state index contributed by atoms with van der Waals surface area (Å²) in [5, 5.41) is 9.62. The number of allylic oxidation sites excluding steroid dienone is 28. The van der Waals surface area contributed by atoms with E-state index in [9.17, 15) is 14.7 Å². The van der Waals surface area contributed by atoms with Gasteiger partial charge in [-0.3, -0.25) is 9.59 Å². The first-order chi connectivity index (χ1) is 31.6. The van der Waals surface area contributed by atoms with Gasteiger partial charge in [0.15, 0.2) is 6.10 Å². The molecule has 64 heavy (non-hydrogen) atoms. The minimum Gasteiger partial charge on any atom is -0.462 e. The summed E-state index contributed by atoms with van der Waals surface area (Å²) in [4.78, 5) is 24.4. The maximum Gasteiger partial charge on any atom is 0.306 e. The molecule has 0 bridgehead atoms. The molecule has 0 aromatic rings. The quantitative estimate of drug-likeness (QED) is 0.0376. The third-order valence-electron chi connectivity index (χ3n) is 9.51. The highest BCUT2D eigenvalue weighted by Crippen LogP contribution is 2.10. The number of unbranched alkanes of at least 4 members (excludes halogenated alkanes) is 6. The van der Waals surface area contributed by atoms with Crippen molar-refractivity contribution in [1.82, 2.24) is 0 Å². The maximum atomic E-state index is 12.3. The van der Waals surface area contributed by atoms with Crippen molar-refractivity contribution in [3.8, 4) is 0 Å². The Morgan fingerprint density at radius 2 is 0.641 bits per heavy atom. The molecule has 1 atom stereocenters. The van der Waals surface area contributed by atoms with E-state index >= 15 is 0 Å². The third-order valence-corrected chi connectivity index (χ3v) is 9.51. The van der Waals surface area contributed by atoms with Crippen LogP contribution in [0.5, 0.6) is 0 Å². The third kappa shape index (κ3) is 49.9. The van der Waals surface area contributed by atoms with E-state index in [-0.39, 0.29) is 31.6 Å². The number of hydrogen-bond acceptors (Lipinski definition) is 5. The van der Waals surface area contributed by atoms with Crippen LogP contribution in [0.1, 0.15) is 168 Å². The van der Waals surface area contributed by atoms with Gasteiger partial charge in [-0.1, -0.05) is 203 Å². The largest absolute Gasteiger partial charge is 0.462 e. The van der Waals surface area contributed by atoms with Crippen LogP contribution in [0.2, 0.25) is 0 Å². The molecule has 354 valence electrons. The lowest BCUT2D eigenvalue weighted by Gasteiger charge is -2.15. The molecule has 1 N–H and O–H groups in total. The van der Waals surface area contributed by atoms with E-state index < -0.39 is 6.10 Å². The highest BCUT2D eigenvalue weighted by atomic mass is 16.6. The molecule has 5 nitrogen and oxygen atoms in total. The van der Waals surface area contributed by atoms with Crippen LogP contribution in [0.25, 0.3) is 0 Å². The number of aliphatic hydroxyl groups is 1. The Bertz CT molecular complexity index is 1500. The highest BCUT2D eigenvalue weighted by molar-refractivity contribution is 5.70. The molecule has 0 aromatic carbocycles. The number of rotatable bonds is 42. The second kappa shape index (κ2) is 52.6. The SMILES string of the molecule is CC/C=C\C/C=C\C/C=C\C/C=C\C/C=C\C/C=C\C/C=C\CCCCCCCC(=O)OC(CO)COC(=O)CCC/C=C\C/C=C\C/C=C\C/C=C\C/C=C\C/C=C\C/C=C\CC. The number of carbonyl (C=O) groups is 2. The molecule has 1 unspecified atom stereocenters. The fraction of sp³-hybridized carbons (Fsp3) is 0.492. The Balaban J connectivity index is 3.75. The fourth-order valence-corrected chi connectivity index (χ4v) is 5.87. The number of ether oxygens (including phenoxy) is 2. The van der Waals surface area contributed by atoms with Crippen LogP contribution in [0.4, 0.5) is 0 Å². The van der Waals surface area contributed by atoms with Crippen molar-refractivity contribution in [2.24, 2.45) is 0 Å². The van der Waals surface area contributed by atoms with Gasteiger partial charge in [0.2, 0.25) is 0 Å². The van der Waals surface area contributed by atoms with E-state index in [1.54, 1.807) is 0 Å². The number of esters is 2. The van der Waals surface area contributed by atoms with Crippen molar-refractivity contribution in [3.05, 3.63) is 170 Å². The van der Waals surface area contributed by atoms with E-state index in [0.717, 1.165) is 135 Å². The maximum absolute atomic E-state index is 12.3. The molecular weight excluding hydrogens is 789 g/mol. The number of hydrogen-bond donors (Lipinski definition) is 1. The lowest BCUT2D eigenvalue weighted by atomic mass is 10.1. The van der Waals surface area contributed by atoms with E-state index in [1.807, 2.05) is 0 Å². The van der Waals surface area contributed by atoms with Crippen molar-refractivity contribution in [1.29, 1.82) is 0 Å². The summed E-state index contributed by atoms with van der Waals surface area (Å²) in [7, 11) is 0. The first kappa shape index (κ1) is 59.3. The van der Waals surface area contributed by atoms with E-state index in [1.165, 1.54) is 0 Å². The van der Waals surface area contributed by atoms with Gasteiger partial charge in [0.05, 0.1) is 6.61 Å². The summed E-state index contributed by atoms with van der Waals surface area (Å²) in [6.45, 7) is 3.82. The molecule has 0 spiro atoms. The molecule has 0 saturated heterocycles. The second-order valence-corrected chi connectivity index (χ2v) is 15.4. The van der Waals surface area contributed by atoms with Gasteiger partial charge in [-0.25, -0.2) is 0 Å². The van der Waals surface area contributed by atoms with Gasteiger partial charge < -0.3 is 14.6 Å². The van der Waals surface area contributed by atoms with Crippen LogP contribution < -0.4 is 0 Å². The minimum atomic E-state index is -0.822. The molecule has 0 aromatic heterocycles. The molecule has 0 heterocycles. The molecule has 0 aliphatic carbocycles. The van der Waals surface area contributed by atoms with Crippen LogP contribution >= 0.6 is 0 Å².